The first-order valence-electron chi connectivity index (χ1n) is 11.3. The van der Waals surface area contributed by atoms with Gasteiger partial charge in [0, 0.05) is 51.0 Å². The number of rotatable bonds is 4. The van der Waals surface area contributed by atoms with Crippen LogP contribution in [0, 0.1) is 6.92 Å². The largest absolute Gasteiger partial charge is 0.369 e. The number of benzene rings is 2. The summed E-state index contributed by atoms with van der Waals surface area (Å²) in [4.78, 5) is 21.6. The van der Waals surface area contributed by atoms with Gasteiger partial charge in [-0.1, -0.05) is 30.3 Å². The lowest BCUT2D eigenvalue weighted by Crippen LogP contribution is -2.56. The van der Waals surface area contributed by atoms with E-state index in [1.54, 1.807) is 0 Å². The number of piperazine rings is 1. The van der Waals surface area contributed by atoms with Crippen LogP contribution in [0.25, 0.3) is 11.0 Å². The van der Waals surface area contributed by atoms with E-state index < -0.39 is 0 Å². The number of para-hydroxylation sites is 1. The SMILES string of the molecule is Cc1ccccc1N1CCN([C@H]2CCCN(C(=O)Cn3nc4ccccc4n3)C2)CC1. The molecule has 1 amide bonds. The van der Waals surface area contributed by atoms with Crippen molar-refractivity contribution >= 4 is 22.6 Å². The molecule has 0 saturated carbocycles. The van der Waals surface area contributed by atoms with Crippen molar-refractivity contribution in [3.05, 3.63) is 54.1 Å². The summed E-state index contributed by atoms with van der Waals surface area (Å²) in [6.07, 6.45) is 2.22. The molecule has 2 saturated heterocycles. The molecule has 0 bridgehead atoms. The quantitative estimate of drug-likeness (QED) is 0.652. The molecule has 31 heavy (non-hydrogen) atoms. The highest BCUT2D eigenvalue weighted by Gasteiger charge is 2.30. The molecule has 3 heterocycles. The summed E-state index contributed by atoms with van der Waals surface area (Å²) in [5, 5.41) is 8.89. The summed E-state index contributed by atoms with van der Waals surface area (Å²) >= 11 is 0. The van der Waals surface area contributed by atoms with E-state index >= 15 is 0 Å². The van der Waals surface area contributed by atoms with Crippen molar-refractivity contribution < 1.29 is 4.79 Å². The normalized spacial score (nSPS) is 20.4. The number of carbonyl (C=O) groups is 1. The maximum Gasteiger partial charge on any atom is 0.246 e. The Kier molecular flexibility index (Phi) is 5.59. The second-order valence-electron chi connectivity index (χ2n) is 8.66. The molecule has 2 aromatic carbocycles. The predicted molar refractivity (Wildman–Crippen MR) is 122 cm³/mol. The summed E-state index contributed by atoms with van der Waals surface area (Å²) in [5.74, 6) is 0.114. The van der Waals surface area contributed by atoms with Gasteiger partial charge in [0.15, 0.2) is 0 Å². The van der Waals surface area contributed by atoms with E-state index in [4.69, 9.17) is 0 Å². The van der Waals surface area contributed by atoms with Crippen LogP contribution in [-0.4, -0.2) is 76.0 Å². The van der Waals surface area contributed by atoms with E-state index in [0.717, 1.165) is 63.1 Å². The lowest BCUT2D eigenvalue weighted by Gasteiger charge is -2.44. The number of likely N-dealkylation sites (tertiary alicyclic amines) is 1. The van der Waals surface area contributed by atoms with Crippen molar-refractivity contribution in [2.24, 2.45) is 0 Å². The van der Waals surface area contributed by atoms with E-state index in [1.165, 1.54) is 16.0 Å². The van der Waals surface area contributed by atoms with Crippen LogP contribution in [0.3, 0.4) is 0 Å². The monoisotopic (exact) mass is 418 g/mol. The average Bonchev–Trinajstić information content (AvgIpc) is 3.22. The van der Waals surface area contributed by atoms with E-state index in [9.17, 15) is 4.79 Å². The molecule has 7 nitrogen and oxygen atoms in total. The Morgan fingerprint density at radius 2 is 1.61 bits per heavy atom. The Labute approximate surface area is 183 Å². The van der Waals surface area contributed by atoms with Gasteiger partial charge in [-0.05, 0) is 43.5 Å². The van der Waals surface area contributed by atoms with Gasteiger partial charge in [0.1, 0.15) is 17.6 Å². The topological polar surface area (TPSA) is 57.5 Å². The van der Waals surface area contributed by atoms with Gasteiger partial charge in [0.25, 0.3) is 0 Å². The van der Waals surface area contributed by atoms with Gasteiger partial charge >= 0.3 is 0 Å². The number of piperidine rings is 1. The third-order valence-corrected chi connectivity index (χ3v) is 6.64. The summed E-state index contributed by atoms with van der Waals surface area (Å²) in [6.45, 7) is 8.22. The lowest BCUT2D eigenvalue weighted by atomic mass is 10.0. The van der Waals surface area contributed by atoms with Crippen LogP contribution < -0.4 is 4.90 Å². The van der Waals surface area contributed by atoms with Gasteiger partial charge in [-0.3, -0.25) is 9.69 Å². The number of anilines is 1. The number of hydrogen-bond acceptors (Lipinski definition) is 5. The first-order valence-corrected chi connectivity index (χ1v) is 11.3. The molecule has 2 aliphatic rings. The fourth-order valence-electron chi connectivity index (χ4n) is 4.92. The van der Waals surface area contributed by atoms with Gasteiger partial charge in [0.05, 0.1) is 0 Å². The van der Waals surface area contributed by atoms with Gasteiger partial charge in [0.2, 0.25) is 5.91 Å². The zero-order valence-electron chi connectivity index (χ0n) is 18.2. The number of aryl methyl sites for hydroxylation is 1. The highest BCUT2D eigenvalue weighted by molar-refractivity contribution is 5.77. The third-order valence-electron chi connectivity index (χ3n) is 6.64. The van der Waals surface area contributed by atoms with E-state index in [-0.39, 0.29) is 12.5 Å². The molecule has 3 aromatic rings. The number of nitrogens with zero attached hydrogens (tertiary/aromatic N) is 6. The van der Waals surface area contributed by atoms with Gasteiger partial charge in [-0.25, -0.2) is 0 Å². The van der Waals surface area contributed by atoms with Gasteiger partial charge in [-0.15, -0.1) is 0 Å². The van der Waals surface area contributed by atoms with E-state index in [0.29, 0.717) is 6.04 Å². The molecular weight excluding hydrogens is 388 g/mol. The fraction of sp³-hybridized carbons (Fsp3) is 0.458. The van der Waals surface area contributed by atoms with Crippen LogP contribution in [0.1, 0.15) is 18.4 Å². The molecule has 0 aliphatic carbocycles. The van der Waals surface area contributed by atoms with Crippen LogP contribution >= 0.6 is 0 Å². The fourth-order valence-corrected chi connectivity index (χ4v) is 4.92. The van der Waals surface area contributed by atoms with Crippen LogP contribution in [0.2, 0.25) is 0 Å². The molecule has 0 unspecified atom stereocenters. The van der Waals surface area contributed by atoms with E-state index in [1.807, 2.05) is 29.2 Å². The van der Waals surface area contributed by atoms with Crippen LogP contribution in [0.15, 0.2) is 48.5 Å². The number of fused-ring (bicyclic) bond motifs is 1. The molecule has 1 atom stereocenters. The summed E-state index contributed by atoms with van der Waals surface area (Å²) in [5.41, 5.74) is 4.35. The number of amides is 1. The number of carbonyl (C=O) groups excluding carboxylic acids is 1. The van der Waals surface area contributed by atoms with Crippen LogP contribution in [0.4, 0.5) is 5.69 Å². The Balaban J connectivity index is 1.18. The van der Waals surface area contributed by atoms with E-state index in [2.05, 4.69) is 51.2 Å². The zero-order valence-corrected chi connectivity index (χ0v) is 18.2. The van der Waals surface area contributed by atoms with Crippen LogP contribution in [-0.2, 0) is 11.3 Å². The second-order valence-corrected chi connectivity index (χ2v) is 8.66. The summed E-state index contributed by atoms with van der Waals surface area (Å²) < 4.78 is 0. The molecular formula is C24H30N6O. The highest BCUT2D eigenvalue weighted by atomic mass is 16.2. The molecule has 1 aromatic heterocycles. The number of hydrogen-bond donors (Lipinski definition) is 0. The van der Waals surface area contributed by atoms with Crippen LogP contribution in [0.5, 0.6) is 0 Å². The Bertz CT molecular complexity index is 1020. The molecule has 162 valence electrons. The van der Waals surface area contributed by atoms with Gasteiger partial charge in [-0.2, -0.15) is 15.0 Å². The minimum Gasteiger partial charge on any atom is -0.369 e. The summed E-state index contributed by atoms with van der Waals surface area (Å²) in [6, 6.07) is 16.8. The Morgan fingerprint density at radius 1 is 0.935 bits per heavy atom. The minimum absolute atomic E-state index is 0.114. The minimum atomic E-state index is 0.114. The molecule has 5 rings (SSSR count). The average molecular weight is 419 g/mol. The maximum absolute atomic E-state index is 12.9. The second kappa shape index (κ2) is 8.67. The smallest absolute Gasteiger partial charge is 0.246 e. The molecule has 0 N–H and O–H groups in total. The molecule has 0 radical (unpaired) electrons. The lowest BCUT2D eigenvalue weighted by molar-refractivity contribution is -0.134. The van der Waals surface area contributed by atoms with Crippen molar-refractivity contribution in [1.29, 1.82) is 0 Å². The van der Waals surface area contributed by atoms with Crippen molar-refractivity contribution in [2.45, 2.75) is 32.4 Å². The molecule has 2 aliphatic heterocycles. The standard InChI is InChI=1S/C24H30N6O/c1-19-7-2-5-11-23(19)28-15-13-27(14-16-28)20-8-6-12-29(17-20)24(31)18-30-25-21-9-3-4-10-22(21)26-30/h2-5,7,9-11,20H,6,8,12-18H2,1H3/t20-/m0/s1. The van der Waals surface area contributed by atoms with Crippen molar-refractivity contribution in [3.8, 4) is 0 Å². The highest BCUT2D eigenvalue weighted by Crippen LogP contribution is 2.23. The number of aromatic nitrogens is 3. The Hall–Kier alpha value is -2.93. The Morgan fingerprint density at radius 3 is 2.32 bits per heavy atom. The van der Waals surface area contributed by atoms with Gasteiger partial charge < -0.3 is 9.80 Å². The first kappa shape index (κ1) is 20.0. The predicted octanol–water partition coefficient (Wildman–Crippen LogP) is 2.55. The first-order chi connectivity index (χ1) is 15.2. The van der Waals surface area contributed by atoms with Crippen molar-refractivity contribution in [3.63, 3.8) is 0 Å². The zero-order chi connectivity index (χ0) is 21.2. The third kappa shape index (κ3) is 4.28. The maximum atomic E-state index is 12.9. The molecule has 7 heteroatoms. The molecule has 0 spiro atoms. The molecule has 2 fully saturated rings. The van der Waals surface area contributed by atoms with Crippen molar-refractivity contribution in [1.82, 2.24) is 24.8 Å². The summed E-state index contributed by atoms with van der Waals surface area (Å²) in [7, 11) is 0. The van der Waals surface area contributed by atoms with Crippen molar-refractivity contribution in [2.75, 3.05) is 44.2 Å².